The van der Waals surface area contributed by atoms with Crippen LogP contribution in [0.2, 0.25) is 0 Å². The standard InChI is InChI=1S/C16H28BN3O4/c1-12(2)16(3,4)24-17(23-5)13-10-18-20(11-13)14-6-8-19(9-7-14)15(21)22/h10-12,14H,6-9H2,1-5H3,(H,21,22). The molecule has 1 saturated heterocycles. The molecule has 2 rings (SSSR count). The van der Waals surface area contributed by atoms with Crippen molar-refractivity contribution in [1.29, 1.82) is 0 Å². The van der Waals surface area contributed by atoms with Crippen molar-refractivity contribution in [2.45, 2.75) is 52.2 Å². The summed E-state index contributed by atoms with van der Waals surface area (Å²) in [6.45, 7) is 9.42. The number of carboxylic acid groups (broad SMARTS) is 1. The number of hydrogen-bond acceptors (Lipinski definition) is 4. The first-order valence-corrected chi connectivity index (χ1v) is 8.47. The van der Waals surface area contributed by atoms with Crippen LogP contribution < -0.4 is 5.46 Å². The lowest BCUT2D eigenvalue weighted by Gasteiger charge is -2.32. The molecule has 0 bridgehead atoms. The van der Waals surface area contributed by atoms with E-state index in [0.29, 0.717) is 19.0 Å². The predicted molar refractivity (Wildman–Crippen MR) is 92.5 cm³/mol. The Hall–Kier alpha value is -1.54. The highest BCUT2D eigenvalue weighted by molar-refractivity contribution is 6.61. The Balaban J connectivity index is 2.02. The molecule has 0 aromatic carbocycles. The van der Waals surface area contributed by atoms with Crippen molar-refractivity contribution >= 4 is 18.7 Å². The van der Waals surface area contributed by atoms with Crippen LogP contribution in [0, 0.1) is 5.92 Å². The van der Waals surface area contributed by atoms with Gasteiger partial charge in [-0.1, -0.05) is 13.8 Å². The van der Waals surface area contributed by atoms with Crippen molar-refractivity contribution in [2.24, 2.45) is 5.92 Å². The summed E-state index contributed by atoms with van der Waals surface area (Å²) in [5.74, 6) is 0.352. The van der Waals surface area contributed by atoms with Gasteiger partial charge in [-0.15, -0.1) is 0 Å². The van der Waals surface area contributed by atoms with Gasteiger partial charge in [-0.25, -0.2) is 4.79 Å². The summed E-state index contributed by atoms with van der Waals surface area (Å²) in [6.07, 6.45) is 4.41. The molecule has 24 heavy (non-hydrogen) atoms. The molecule has 1 aliphatic rings. The molecule has 0 unspecified atom stereocenters. The fourth-order valence-corrected chi connectivity index (χ4v) is 2.66. The molecule has 0 radical (unpaired) electrons. The third kappa shape index (κ3) is 4.30. The first-order valence-electron chi connectivity index (χ1n) is 8.47. The van der Waals surface area contributed by atoms with Crippen molar-refractivity contribution < 1.29 is 19.2 Å². The Morgan fingerprint density at radius 2 is 2.04 bits per heavy atom. The third-order valence-corrected chi connectivity index (χ3v) is 5.02. The van der Waals surface area contributed by atoms with Crippen molar-refractivity contribution in [1.82, 2.24) is 14.7 Å². The predicted octanol–water partition coefficient (Wildman–Crippen LogP) is 1.99. The van der Waals surface area contributed by atoms with E-state index in [1.807, 2.05) is 10.9 Å². The molecule has 1 amide bonds. The van der Waals surface area contributed by atoms with Gasteiger partial charge < -0.3 is 19.3 Å². The molecule has 134 valence electrons. The van der Waals surface area contributed by atoms with Crippen molar-refractivity contribution in [3.8, 4) is 0 Å². The van der Waals surface area contributed by atoms with E-state index < -0.39 is 13.2 Å². The minimum absolute atomic E-state index is 0.213. The molecule has 1 N–H and O–H groups in total. The lowest BCUT2D eigenvalue weighted by molar-refractivity contribution is 0.0371. The van der Waals surface area contributed by atoms with Gasteiger partial charge in [0, 0.05) is 38.1 Å². The summed E-state index contributed by atoms with van der Waals surface area (Å²) in [4.78, 5) is 12.4. The molecule has 1 fully saturated rings. The Bertz CT molecular complexity index is 553. The van der Waals surface area contributed by atoms with Crippen LogP contribution in [-0.4, -0.2) is 58.8 Å². The second-order valence-electron chi connectivity index (χ2n) is 7.20. The van der Waals surface area contributed by atoms with E-state index >= 15 is 0 Å². The third-order valence-electron chi connectivity index (χ3n) is 5.02. The second kappa shape index (κ2) is 7.57. The zero-order valence-electron chi connectivity index (χ0n) is 15.2. The Kier molecular flexibility index (Phi) is 5.93. The van der Waals surface area contributed by atoms with Crippen molar-refractivity contribution in [3.05, 3.63) is 12.4 Å². The summed E-state index contributed by atoms with van der Waals surface area (Å²) in [5, 5.41) is 13.5. The van der Waals surface area contributed by atoms with E-state index in [1.54, 1.807) is 13.3 Å². The van der Waals surface area contributed by atoms with Gasteiger partial charge in [0.05, 0.1) is 11.6 Å². The SMILES string of the molecule is COB(OC(C)(C)C(C)C)c1cnn(C2CCN(C(=O)O)CC2)c1. The lowest BCUT2D eigenvalue weighted by atomic mass is 9.79. The van der Waals surface area contributed by atoms with Gasteiger partial charge in [0.1, 0.15) is 0 Å². The largest absolute Gasteiger partial charge is 0.497 e. The van der Waals surface area contributed by atoms with Crippen LogP contribution in [0.3, 0.4) is 0 Å². The fourth-order valence-electron chi connectivity index (χ4n) is 2.66. The van der Waals surface area contributed by atoms with Crippen LogP contribution in [0.15, 0.2) is 12.4 Å². The molecule has 8 heteroatoms. The minimum Gasteiger partial charge on any atom is -0.465 e. The highest BCUT2D eigenvalue weighted by atomic mass is 16.6. The van der Waals surface area contributed by atoms with Gasteiger partial charge in [0.2, 0.25) is 0 Å². The molecular weight excluding hydrogens is 309 g/mol. The maximum Gasteiger partial charge on any atom is 0.497 e. The number of piperidine rings is 1. The van der Waals surface area contributed by atoms with E-state index in [2.05, 4.69) is 32.8 Å². The van der Waals surface area contributed by atoms with Crippen LogP contribution in [0.25, 0.3) is 0 Å². The van der Waals surface area contributed by atoms with Gasteiger partial charge in [0.15, 0.2) is 0 Å². The van der Waals surface area contributed by atoms with Crippen LogP contribution in [0.5, 0.6) is 0 Å². The van der Waals surface area contributed by atoms with E-state index in [0.717, 1.165) is 18.3 Å². The van der Waals surface area contributed by atoms with Gasteiger partial charge in [-0.3, -0.25) is 4.68 Å². The number of hydrogen-bond donors (Lipinski definition) is 1. The number of carbonyl (C=O) groups is 1. The molecule has 1 aliphatic heterocycles. The number of likely N-dealkylation sites (tertiary alicyclic amines) is 1. The normalized spacial score (nSPS) is 16.7. The topological polar surface area (TPSA) is 76.8 Å². The molecular formula is C16H28BN3O4. The van der Waals surface area contributed by atoms with Gasteiger partial charge in [-0.05, 0) is 32.6 Å². The van der Waals surface area contributed by atoms with Crippen molar-refractivity contribution in [2.75, 3.05) is 20.2 Å². The smallest absolute Gasteiger partial charge is 0.465 e. The molecule has 0 saturated carbocycles. The van der Waals surface area contributed by atoms with Gasteiger partial charge >= 0.3 is 13.2 Å². The van der Waals surface area contributed by atoms with Gasteiger partial charge in [0.25, 0.3) is 0 Å². The monoisotopic (exact) mass is 337 g/mol. The van der Waals surface area contributed by atoms with E-state index in [9.17, 15) is 4.79 Å². The van der Waals surface area contributed by atoms with E-state index in [-0.39, 0.29) is 11.6 Å². The van der Waals surface area contributed by atoms with E-state index in [4.69, 9.17) is 14.4 Å². The molecule has 1 aromatic heterocycles. The summed E-state index contributed by atoms with van der Waals surface area (Å²) in [5.41, 5.74) is 0.571. The zero-order chi connectivity index (χ0) is 17.9. The lowest BCUT2D eigenvalue weighted by Crippen LogP contribution is -2.45. The van der Waals surface area contributed by atoms with Gasteiger partial charge in [-0.2, -0.15) is 5.10 Å². The number of nitrogens with zero attached hydrogens (tertiary/aromatic N) is 3. The molecule has 1 aromatic rings. The number of aromatic nitrogens is 2. The molecule has 7 nitrogen and oxygen atoms in total. The summed E-state index contributed by atoms with van der Waals surface area (Å²) < 4.78 is 13.5. The summed E-state index contributed by atoms with van der Waals surface area (Å²) >= 11 is 0. The van der Waals surface area contributed by atoms with Crippen LogP contribution in [0.1, 0.15) is 46.6 Å². The molecule has 0 spiro atoms. The van der Waals surface area contributed by atoms with Crippen LogP contribution >= 0.6 is 0 Å². The first kappa shape index (κ1) is 18.8. The molecule has 2 heterocycles. The first-order chi connectivity index (χ1) is 11.2. The highest BCUT2D eigenvalue weighted by Crippen LogP contribution is 2.23. The Morgan fingerprint density at radius 1 is 1.42 bits per heavy atom. The van der Waals surface area contributed by atoms with E-state index in [1.165, 1.54) is 4.90 Å². The average Bonchev–Trinajstić information content (AvgIpc) is 3.02. The molecule has 0 aliphatic carbocycles. The Morgan fingerprint density at radius 3 is 2.54 bits per heavy atom. The van der Waals surface area contributed by atoms with Crippen LogP contribution in [-0.2, 0) is 9.31 Å². The van der Waals surface area contributed by atoms with Crippen LogP contribution in [0.4, 0.5) is 4.79 Å². The summed E-state index contributed by atoms with van der Waals surface area (Å²) in [6, 6.07) is 0.213. The maximum absolute atomic E-state index is 11.0. The minimum atomic E-state index is -0.849. The maximum atomic E-state index is 11.0. The number of amides is 1. The Labute approximate surface area is 144 Å². The average molecular weight is 337 g/mol. The zero-order valence-corrected chi connectivity index (χ0v) is 15.2. The quantitative estimate of drug-likeness (QED) is 0.804. The fraction of sp³-hybridized carbons (Fsp3) is 0.750. The number of rotatable bonds is 6. The second-order valence-corrected chi connectivity index (χ2v) is 7.20. The highest BCUT2D eigenvalue weighted by Gasteiger charge is 2.33. The summed E-state index contributed by atoms with van der Waals surface area (Å²) in [7, 11) is 1.17. The molecule has 0 atom stereocenters. The van der Waals surface area contributed by atoms with Crippen molar-refractivity contribution in [3.63, 3.8) is 0 Å².